The van der Waals surface area contributed by atoms with Crippen molar-refractivity contribution in [2.45, 2.75) is 38.1 Å². The number of nitrogen functional groups attached to an aromatic ring is 1. The van der Waals surface area contributed by atoms with Crippen molar-refractivity contribution in [3.63, 3.8) is 0 Å². The Morgan fingerprint density at radius 2 is 2.00 bits per heavy atom. The van der Waals surface area contributed by atoms with Crippen molar-refractivity contribution >= 4 is 5.69 Å². The van der Waals surface area contributed by atoms with Gasteiger partial charge < -0.3 is 16.4 Å². The minimum Gasteiger partial charge on any atom is -0.399 e. The molecule has 3 rings (SSSR count). The van der Waals surface area contributed by atoms with Gasteiger partial charge in [0.2, 0.25) is 0 Å². The van der Waals surface area contributed by atoms with Gasteiger partial charge in [0.15, 0.2) is 0 Å². The average molecular weight is 259 g/mol. The van der Waals surface area contributed by atoms with Crippen LogP contribution in [0.25, 0.3) is 0 Å². The van der Waals surface area contributed by atoms with E-state index in [1.54, 1.807) is 0 Å². The molecule has 1 unspecified atom stereocenters. The lowest BCUT2D eigenvalue weighted by molar-refractivity contribution is 0.330. The molecule has 1 aromatic carbocycles. The van der Waals surface area contributed by atoms with Crippen LogP contribution in [-0.4, -0.2) is 25.7 Å². The number of hydrogen-bond donors (Lipinski definition) is 3. The van der Waals surface area contributed by atoms with E-state index in [4.69, 9.17) is 5.73 Å². The van der Waals surface area contributed by atoms with Gasteiger partial charge in [-0.25, -0.2) is 0 Å². The van der Waals surface area contributed by atoms with E-state index in [0.29, 0.717) is 6.04 Å². The van der Waals surface area contributed by atoms with Crippen molar-refractivity contribution in [1.29, 1.82) is 0 Å². The quantitative estimate of drug-likeness (QED) is 0.724. The molecule has 0 radical (unpaired) electrons. The number of hydrogen-bond acceptors (Lipinski definition) is 3. The Bertz CT molecular complexity index is 424. The van der Waals surface area contributed by atoms with E-state index >= 15 is 0 Å². The molecule has 19 heavy (non-hydrogen) atoms. The number of aryl methyl sites for hydroxylation is 1. The first-order valence-electron chi connectivity index (χ1n) is 7.62. The number of nitrogens with one attached hydrogen (secondary N) is 2. The van der Waals surface area contributed by atoms with Crippen LogP contribution in [0, 0.1) is 5.92 Å². The van der Waals surface area contributed by atoms with Crippen LogP contribution in [0.15, 0.2) is 18.2 Å². The molecule has 3 heteroatoms. The summed E-state index contributed by atoms with van der Waals surface area (Å²) in [4.78, 5) is 0. The van der Waals surface area contributed by atoms with Crippen LogP contribution in [0.3, 0.4) is 0 Å². The van der Waals surface area contributed by atoms with Crippen molar-refractivity contribution in [3.05, 3.63) is 29.3 Å². The molecule has 1 aromatic rings. The SMILES string of the molecule is Nc1ccc2c(c1)CC(NCC1CCNCC1)CC2. The Hall–Kier alpha value is -1.06. The summed E-state index contributed by atoms with van der Waals surface area (Å²) < 4.78 is 0. The Labute approximate surface area is 116 Å². The molecule has 104 valence electrons. The molecule has 1 aliphatic carbocycles. The monoisotopic (exact) mass is 259 g/mol. The van der Waals surface area contributed by atoms with Crippen LogP contribution in [-0.2, 0) is 12.8 Å². The van der Waals surface area contributed by atoms with Gasteiger partial charge in [-0.3, -0.25) is 0 Å². The van der Waals surface area contributed by atoms with Gasteiger partial charge in [0.1, 0.15) is 0 Å². The van der Waals surface area contributed by atoms with Crippen LogP contribution in [0.2, 0.25) is 0 Å². The first-order valence-corrected chi connectivity index (χ1v) is 7.62. The predicted molar refractivity (Wildman–Crippen MR) is 80.3 cm³/mol. The highest BCUT2D eigenvalue weighted by Crippen LogP contribution is 2.24. The van der Waals surface area contributed by atoms with Crippen LogP contribution in [0.1, 0.15) is 30.4 Å². The molecule has 0 spiro atoms. The minimum atomic E-state index is 0.643. The molecule has 4 N–H and O–H groups in total. The number of fused-ring (bicyclic) bond motifs is 1. The zero-order chi connectivity index (χ0) is 13.1. The van der Waals surface area contributed by atoms with E-state index in [-0.39, 0.29) is 0 Å². The van der Waals surface area contributed by atoms with E-state index in [9.17, 15) is 0 Å². The van der Waals surface area contributed by atoms with Crippen molar-refractivity contribution in [1.82, 2.24) is 10.6 Å². The van der Waals surface area contributed by atoms with Crippen molar-refractivity contribution in [3.8, 4) is 0 Å². The summed E-state index contributed by atoms with van der Waals surface area (Å²) in [5.41, 5.74) is 9.74. The standard InChI is InChI=1S/C16H25N3/c17-15-3-1-13-2-4-16(10-14(13)9-15)19-11-12-5-7-18-8-6-12/h1,3,9,12,16,18-19H,2,4-8,10-11,17H2. The summed E-state index contributed by atoms with van der Waals surface area (Å²) in [5, 5.41) is 7.21. The molecular formula is C16H25N3. The van der Waals surface area contributed by atoms with E-state index < -0.39 is 0 Å². The number of benzene rings is 1. The van der Waals surface area contributed by atoms with Gasteiger partial charge in [-0.2, -0.15) is 0 Å². The van der Waals surface area contributed by atoms with Crippen molar-refractivity contribution < 1.29 is 0 Å². The Kier molecular flexibility index (Phi) is 4.04. The lowest BCUT2D eigenvalue weighted by Crippen LogP contribution is -2.40. The molecule has 0 aromatic heterocycles. The second kappa shape index (κ2) is 5.93. The summed E-state index contributed by atoms with van der Waals surface area (Å²) in [6.45, 7) is 3.57. The van der Waals surface area contributed by atoms with Crippen LogP contribution in [0.4, 0.5) is 5.69 Å². The topological polar surface area (TPSA) is 50.1 Å². The highest BCUT2D eigenvalue weighted by Gasteiger charge is 2.20. The van der Waals surface area contributed by atoms with Crippen molar-refractivity contribution in [2.75, 3.05) is 25.4 Å². The predicted octanol–water partition coefficient (Wildman–Crippen LogP) is 1.72. The lowest BCUT2D eigenvalue weighted by Gasteiger charge is -2.29. The summed E-state index contributed by atoms with van der Waals surface area (Å²) in [7, 11) is 0. The summed E-state index contributed by atoms with van der Waals surface area (Å²) in [6.07, 6.45) is 6.25. The third-order valence-electron chi connectivity index (χ3n) is 4.61. The fraction of sp³-hybridized carbons (Fsp3) is 0.625. The van der Waals surface area contributed by atoms with E-state index in [0.717, 1.165) is 18.0 Å². The summed E-state index contributed by atoms with van der Waals surface area (Å²) in [5.74, 6) is 0.864. The van der Waals surface area contributed by atoms with E-state index in [1.807, 2.05) is 6.07 Å². The van der Waals surface area contributed by atoms with Crippen LogP contribution < -0.4 is 16.4 Å². The largest absolute Gasteiger partial charge is 0.399 e. The highest BCUT2D eigenvalue weighted by atomic mass is 14.9. The molecule has 1 saturated heterocycles. The van der Waals surface area contributed by atoms with Gasteiger partial charge in [-0.15, -0.1) is 0 Å². The Balaban J connectivity index is 1.53. The lowest BCUT2D eigenvalue weighted by atomic mass is 9.87. The molecule has 0 amide bonds. The number of piperidine rings is 1. The van der Waals surface area contributed by atoms with Gasteiger partial charge in [0.25, 0.3) is 0 Å². The van der Waals surface area contributed by atoms with E-state index in [2.05, 4.69) is 22.8 Å². The molecule has 3 nitrogen and oxygen atoms in total. The van der Waals surface area contributed by atoms with Gasteiger partial charge in [0, 0.05) is 11.7 Å². The summed E-state index contributed by atoms with van der Waals surface area (Å²) in [6, 6.07) is 7.03. The number of rotatable bonds is 3. The van der Waals surface area contributed by atoms with Crippen molar-refractivity contribution in [2.24, 2.45) is 5.92 Å². The van der Waals surface area contributed by atoms with Gasteiger partial charge in [0.05, 0.1) is 0 Å². The second-order valence-electron chi connectivity index (χ2n) is 6.07. The molecule has 1 fully saturated rings. The maximum absolute atomic E-state index is 5.89. The maximum Gasteiger partial charge on any atom is 0.0316 e. The smallest absolute Gasteiger partial charge is 0.0316 e. The van der Waals surface area contributed by atoms with Gasteiger partial charge >= 0.3 is 0 Å². The molecule has 0 saturated carbocycles. The Morgan fingerprint density at radius 1 is 1.16 bits per heavy atom. The fourth-order valence-electron chi connectivity index (χ4n) is 3.37. The molecule has 1 heterocycles. The van der Waals surface area contributed by atoms with Crippen LogP contribution in [0.5, 0.6) is 0 Å². The zero-order valence-corrected chi connectivity index (χ0v) is 11.6. The number of nitrogens with two attached hydrogens (primary N) is 1. The third-order valence-corrected chi connectivity index (χ3v) is 4.61. The molecule has 1 aliphatic heterocycles. The third kappa shape index (κ3) is 3.28. The maximum atomic E-state index is 5.89. The Morgan fingerprint density at radius 3 is 2.84 bits per heavy atom. The van der Waals surface area contributed by atoms with Gasteiger partial charge in [-0.1, -0.05) is 6.07 Å². The fourth-order valence-corrected chi connectivity index (χ4v) is 3.37. The minimum absolute atomic E-state index is 0.643. The first-order chi connectivity index (χ1) is 9.31. The molecule has 0 bridgehead atoms. The normalized spacial score (nSPS) is 24.1. The van der Waals surface area contributed by atoms with Gasteiger partial charge in [-0.05, 0) is 80.9 Å². The van der Waals surface area contributed by atoms with E-state index in [1.165, 1.54) is 56.4 Å². The molecular weight excluding hydrogens is 234 g/mol. The zero-order valence-electron chi connectivity index (χ0n) is 11.6. The molecule has 2 aliphatic rings. The second-order valence-corrected chi connectivity index (χ2v) is 6.07. The molecule has 1 atom stereocenters. The summed E-state index contributed by atoms with van der Waals surface area (Å²) >= 11 is 0. The highest BCUT2D eigenvalue weighted by molar-refractivity contribution is 5.46. The number of anilines is 1. The average Bonchev–Trinajstić information content (AvgIpc) is 2.46. The first kappa shape index (κ1) is 12.9. The van der Waals surface area contributed by atoms with Crippen LogP contribution >= 0.6 is 0 Å².